The van der Waals surface area contributed by atoms with E-state index in [1.807, 2.05) is 7.05 Å². The normalized spacial score (nSPS) is 10.8. The van der Waals surface area contributed by atoms with E-state index in [1.165, 1.54) is 17.1 Å². The summed E-state index contributed by atoms with van der Waals surface area (Å²) in [6.07, 6.45) is 0.947. The summed E-state index contributed by atoms with van der Waals surface area (Å²) in [6, 6.07) is 32.2. The van der Waals surface area contributed by atoms with E-state index in [0.29, 0.717) is 0 Å². The zero-order chi connectivity index (χ0) is 18.2. The minimum absolute atomic E-state index is 0.733. The third-order valence-electron chi connectivity index (χ3n) is 4.78. The van der Waals surface area contributed by atoms with Gasteiger partial charge in [-0.15, -0.1) is 0 Å². The van der Waals surface area contributed by atoms with Crippen LogP contribution < -0.4 is 4.48 Å². The van der Waals surface area contributed by atoms with Crippen molar-refractivity contribution in [1.29, 1.82) is 0 Å². The van der Waals surface area contributed by atoms with Crippen LogP contribution in [0, 0.1) is 0 Å². The summed E-state index contributed by atoms with van der Waals surface area (Å²) in [5.41, 5.74) is 3.83. The number of quaternary nitrogens is 1. The number of rotatable bonds is 8. The monoisotopic (exact) mass is 533 g/mol. The van der Waals surface area contributed by atoms with Gasteiger partial charge in [0.15, 0.2) is 0 Å². The second kappa shape index (κ2) is 9.10. The molecule has 3 rings (SSSR count). The molecule has 0 aliphatic carbocycles. The SMILES string of the molecule is CN(C=O)[CH2][Hg][CH2][N+](c1ccccc1)(c1ccccc1)c1ccccc1. The molecule has 0 unspecified atom stereocenters. The molecule has 0 N–H and O–H groups in total. The van der Waals surface area contributed by atoms with Gasteiger partial charge >= 0.3 is 168 Å². The van der Waals surface area contributed by atoms with Crippen molar-refractivity contribution in [1.82, 2.24) is 9.38 Å². The molecule has 0 radical (unpaired) electrons. The van der Waals surface area contributed by atoms with Crippen molar-refractivity contribution >= 4 is 23.5 Å². The molecule has 0 aromatic heterocycles. The van der Waals surface area contributed by atoms with E-state index in [2.05, 4.69) is 91.0 Å². The first-order valence-electron chi connectivity index (χ1n) is 8.98. The Bertz CT molecular complexity index is 713. The average molecular weight is 532 g/mol. The van der Waals surface area contributed by atoms with E-state index in [4.69, 9.17) is 0 Å². The standard InChI is InChI=1S/C19H17N.C3H6NO.Hg/c1-20(17-11-5-2-6-12-17,18-13-7-3-8-14-18)19-15-9-4-10-16-19;1-4(2)3-5;/h2-16H,1H2;3H,1H2,2H3;/q+1;;. The molecule has 3 nitrogen and oxygen atoms in total. The van der Waals surface area contributed by atoms with Crippen molar-refractivity contribution < 1.29 is 29.4 Å². The molecule has 26 heavy (non-hydrogen) atoms. The van der Waals surface area contributed by atoms with E-state index in [0.717, 1.165) is 19.0 Å². The van der Waals surface area contributed by atoms with E-state index < -0.39 is 24.6 Å². The quantitative estimate of drug-likeness (QED) is 0.233. The van der Waals surface area contributed by atoms with Crippen LogP contribution in [0.1, 0.15) is 0 Å². The van der Waals surface area contributed by atoms with Gasteiger partial charge in [0.25, 0.3) is 0 Å². The predicted molar refractivity (Wildman–Crippen MR) is 104 cm³/mol. The fraction of sp³-hybridized carbons (Fsp3) is 0.136. The molecule has 128 valence electrons. The van der Waals surface area contributed by atoms with Crippen LogP contribution in [-0.4, -0.2) is 26.5 Å². The van der Waals surface area contributed by atoms with Gasteiger partial charge < -0.3 is 0 Å². The van der Waals surface area contributed by atoms with Crippen molar-refractivity contribution in [2.45, 2.75) is 0 Å². The van der Waals surface area contributed by atoms with Gasteiger partial charge in [0, 0.05) is 0 Å². The molecule has 3 aromatic carbocycles. The maximum atomic E-state index is 11.0. The summed E-state index contributed by atoms with van der Waals surface area (Å²) >= 11 is -1.36. The van der Waals surface area contributed by atoms with Gasteiger partial charge in [-0.25, -0.2) is 0 Å². The van der Waals surface area contributed by atoms with Gasteiger partial charge in [0.05, 0.1) is 0 Å². The summed E-state index contributed by atoms with van der Waals surface area (Å²) in [5.74, 6) is 0. The summed E-state index contributed by atoms with van der Waals surface area (Å²) in [5, 5.41) is 0. The number of carbonyl (C=O) groups is 1. The summed E-state index contributed by atoms with van der Waals surface area (Å²) in [4.78, 5) is 12.8. The third kappa shape index (κ3) is 4.05. The molecule has 0 bridgehead atoms. The first kappa shape index (κ1) is 18.8. The van der Waals surface area contributed by atoms with E-state index in [1.54, 1.807) is 4.90 Å². The van der Waals surface area contributed by atoms with Gasteiger partial charge in [-0.1, -0.05) is 0 Å². The van der Waals surface area contributed by atoms with Gasteiger partial charge in [0.2, 0.25) is 0 Å². The van der Waals surface area contributed by atoms with Crippen molar-refractivity contribution in [3.8, 4) is 0 Å². The number of hydrogen-bond donors (Lipinski definition) is 0. The molecule has 0 saturated heterocycles. The zero-order valence-electron chi connectivity index (χ0n) is 15.2. The number of nitrogens with zero attached hydrogens (tertiary/aromatic N) is 2. The van der Waals surface area contributed by atoms with Crippen LogP contribution in [0.25, 0.3) is 0 Å². The molecule has 1 amide bonds. The molecule has 0 spiro atoms. The molecule has 3 aromatic rings. The molecule has 0 saturated carbocycles. The van der Waals surface area contributed by atoms with Gasteiger partial charge in [0.1, 0.15) is 0 Å². The Morgan fingerprint density at radius 2 is 1.15 bits per heavy atom. The number of benzene rings is 3. The van der Waals surface area contributed by atoms with Crippen LogP contribution in [-0.2, 0) is 29.4 Å². The summed E-state index contributed by atoms with van der Waals surface area (Å²) < 4.78 is 2.78. The van der Waals surface area contributed by atoms with E-state index in [9.17, 15) is 4.79 Å². The Labute approximate surface area is 167 Å². The topological polar surface area (TPSA) is 20.3 Å². The van der Waals surface area contributed by atoms with Crippen LogP contribution in [0.15, 0.2) is 91.0 Å². The number of hydrogen-bond acceptors (Lipinski definition) is 1. The first-order chi connectivity index (χ1) is 12.8. The Morgan fingerprint density at radius 1 is 0.769 bits per heavy atom. The summed E-state index contributed by atoms with van der Waals surface area (Å²) in [7, 11) is 1.88. The zero-order valence-corrected chi connectivity index (χ0v) is 20.7. The molecule has 0 heterocycles. The van der Waals surface area contributed by atoms with E-state index in [-0.39, 0.29) is 0 Å². The van der Waals surface area contributed by atoms with Crippen LogP contribution in [0.3, 0.4) is 0 Å². The van der Waals surface area contributed by atoms with Gasteiger partial charge in [-0.05, 0) is 0 Å². The molecule has 0 aliphatic heterocycles. The molecule has 0 fully saturated rings. The second-order valence-corrected chi connectivity index (χ2v) is 12.7. The maximum absolute atomic E-state index is 11.0. The Balaban J connectivity index is 2.13. The minimum atomic E-state index is -1.36. The van der Waals surface area contributed by atoms with Crippen LogP contribution in [0.4, 0.5) is 17.1 Å². The predicted octanol–water partition coefficient (Wildman–Crippen LogP) is 4.74. The third-order valence-corrected chi connectivity index (χ3v) is 12.6. The molecule has 4 heteroatoms. The molecular formula is C22H23HgN2O+. The van der Waals surface area contributed by atoms with Crippen molar-refractivity contribution in [2.24, 2.45) is 0 Å². The Morgan fingerprint density at radius 3 is 1.50 bits per heavy atom. The van der Waals surface area contributed by atoms with Crippen LogP contribution in [0.5, 0.6) is 0 Å². The van der Waals surface area contributed by atoms with Gasteiger partial charge in [-0.3, -0.25) is 0 Å². The molecular weight excluding hydrogens is 509 g/mol. The van der Waals surface area contributed by atoms with Crippen molar-refractivity contribution in [2.75, 3.05) is 15.2 Å². The number of amides is 1. The average Bonchev–Trinajstić information content (AvgIpc) is 2.73. The van der Waals surface area contributed by atoms with Crippen LogP contribution in [0.2, 0.25) is 0 Å². The molecule has 0 aliphatic rings. The second-order valence-electron chi connectivity index (χ2n) is 6.48. The Kier molecular flexibility index (Phi) is 6.59. The summed E-state index contributed by atoms with van der Waals surface area (Å²) in [6.45, 7) is 0. The first-order valence-corrected chi connectivity index (χ1v) is 16.8. The van der Waals surface area contributed by atoms with Crippen molar-refractivity contribution in [3.05, 3.63) is 91.0 Å². The number of carbonyl (C=O) groups excluding carboxylic acids is 1. The van der Waals surface area contributed by atoms with E-state index >= 15 is 0 Å². The number of para-hydroxylation sites is 3. The Hall–Kier alpha value is -1.97. The fourth-order valence-corrected chi connectivity index (χ4v) is 11.2. The molecule has 0 atom stereocenters. The van der Waals surface area contributed by atoms with Crippen molar-refractivity contribution in [3.63, 3.8) is 0 Å². The van der Waals surface area contributed by atoms with Crippen LogP contribution >= 0.6 is 0 Å². The van der Waals surface area contributed by atoms with Gasteiger partial charge in [-0.2, -0.15) is 0 Å². The fourth-order valence-electron chi connectivity index (χ4n) is 3.49.